The summed E-state index contributed by atoms with van der Waals surface area (Å²) in [5.41, 5.74) is 6.86. The molecule has 0 radical (unpaired) electrons. The van der Waals surface area contributed by atoms with Crippen molar-refractivity contribution in [2.75, 3.05) is 26.4 Å². The third-order valence-electron chi connectivity index (χ3n) is 4.62. The Kier molecular flexibility index (Phi) is 11.2. The van der Waals surface area contributed by atoms with E-state index in [4.69, 9.17) is 59.5 Å². The number of nitrogens with zero attached hydrogens (tertiary/aromatic N) is 1. The molecule has 1 saturated heterocycles. The van der Waals surface area contributed by atoms with E-state index in [1.54, 1.807) is 30.3 Å². The predicted octanol–water partition coefficient (Wildman–Crippen LogP) is 5.62. The van der Waals surface area contributed by atoms with Crippen LogP contribution >= 0.6 is 34.8 Å². The lowest BCUT2D eigenvalue weighted by Crippen LogP contribution is -2.33. The van der Waals surface area contributed by atoms with Crippen LogP contribution < -0.4 is 15.8 Å². The predicted molar refractivity (Wildman–Crippen MR) is 135 cm³/mol. The lowest BCUT2D eigenvalue weighted by molar-refractivity contribution is -0.165. The van der Waals surface area contributed by atoms with Crippen LogP contribution in [-0.2, 0) is 14.2 Å². The number of amides is 1. The normalized spacial score (nSPS) is 17.9. The highest BCUT2D eigenvalue weighted by Gasteiger charge is 2.23. The van der Waals surface area contributed by atoms with Gasteiger partial charge in [-0.05, 0) is 31.4 Å². The van der Waals surface area contributed by atoms with E-state index in [2.05, 4.69) is 10.3 Å². The van der Waals surface area contributed by atoms with Crippen molar-refractivity contribution in [1.29, 1.82) is 0 Å². The number of amidine groups is 1. The van der Waals surface area contributed by atoms with Gasteiger partial charge in [0, 0.05) is 29.9 Å². The molecular formula is C23H32Cl3N3O5. The molecule has 8 nitrogen and oxygen atoms in total. The molecule has 1 aromatic carbocycles. The molecule has 0 bridgehead atoms. The number of allylic oxidation sites excluding steroid dienone is 1. The number of benzene rings is 1. The van der Waals surface area contributed by atoms with Crippen LogP contribution in [0.25, 0.3) is 0 Å². The number of alkyl halides is 3. The number of ether oxygens (including phenoxy) is 4. The molecule has 190 valence electrons. The molecule has 1 aliphatic rings. The average molecular weight is 537 g/mol. The first-order chi connectivity index (χ1) is 15.9. The molecule has 1 heterocycles. The Balaban J connectivity index is 2.05. The first kappa shape index (κ1) is 28.5. The number of halogens is 3. The van der Waals surface area contributed by atoms with E-state index in [0.29, 0.717) is 30.3 Å². The number of aliphatic imine (C=N–C) groups is 1. The van der Waals surface area contributed by atoms with Crippen molar-refractivity contribution in [2.24, 2.45) is 16.1 Å². The van der Waals surface area contributed by atoms with Gasteiger partial charge in [0.05, 0.1) is 12.3 Å². The van der Waals surface area contributed by atoms with Gasteiger partial charge in [-0.25, -0.2) is 9.79 Å². The van der Waals surface area contributed by atoms with Crippen LogP contribution in [0.2, 0.25) is 0 Å². The highest BCUT2D eigenvalue weighted by Crippen LogP contribution is 2.26. The molecule has 0 saturated carbocycles. The quantitative estimate of drug-likeness (QED) is 0.193. The number of hydrogen-bond acceptors (Lipinski definition) is 7. The molecule has 1 amide bonds. The maximum Gasteiger partial charge on any atom is 0.412 e. The molecule has 1 aliphatic heterocycles. The van der Waals surface area contributed by atoms with Gasteiger partial charge in [-0.2, -0.15) is 0 Å². The molecule has 0 aromatic heterocycles. The lowest BCUT2D eigenvalue weighted by Gasteiger charge is -2.22. The van der Waals surface area contributed by atoms with Crippen LogP contribution in [0.4, 0.5) is 10.5 Å². The Labute approximate surface area is 215 Å². The fourth-order valence-electron chi connectivity index (χ4n) is 2.71. The van der Waals surface area contributed by atoms with Gasteiger partial charge in [-0.3, -0.25) is 5.32 Å². The first-order valence-corrected chi connectivity index (χ1v) is 12.1. The van der Waals surface area contributed by atoms with Crippen LogP contribution in [0.15, 0.2) is 41.0 Å². The lowest BCUT2D eigenvalue weighted by atomic mass is 9.92. The van der Waals surface area contributed by atoms with Gasteiger partial charge in [0.25, 0.3) is 0 Å². The molecule has 1 fully saturated rings. The van der Waals surface area contributed by atoms with Crippen LogP contribution in [0, 0.1) is 5.41 Å². The summed E-state index contributed by atoms with van der Waals surface area (Å²) in [7, 11) is 0. The van der Waals surface area contributed by atoms with E-state index in [1.165, 1.54) is 0 Å². The molecule has 1 aromatic rings. The van der Waals surface area contributed by atoms with Gasteiger partial charge in [-0.15, -0.1) is 0 Å². The Morgan fingerprint density at radius 1 is 1.26 bits per heavy atom. The van der Waals surface area contributed by atoms with Crippen molar-refractivity contribution in [3.8, 4) is 5.75 Å². The zero-order valence-corrected chi connectivity index (χ0v) is 21.9. The Bertz CT molecular complexity index is 860. The number of nitrogens with one attached hydrogen (secondary N) is 1. The van der Waals surface area contributed by atoms with Crippen molar-refractivity contribution < 1.29 is 23.7 Å². The molecule has 0 spiro atoms. The fraction of sp³-hybridized carbons (Fsp3) is 0.565. The van der Waals surface area contributed by atoms with E-state index < -0.39 is 16.5 Å². The summed E-state index contributed by atoms with van der Waals surface area (Å²) < 4.78 is 20.2. The minimum absolute atomic E-state index is 0.164. The van der Waals surface area contributed by atoms with E-state index in [9.17, 15) is 4.79 Å². The van der Waals surface area contributed by atoms with Crippen LogP contribution in [-0.4, -0.2) is 48.4 Å². The highest BCUT2D eigenvalue weighted by atomic mass is 35.6. The summed E-state index contributed by atoms with van der Waals surface area (Å²) in [4.78, 5) is 16.7. The standard InChI is InChI=1S/C23H32Cl3N3O5/c1-22(2,3)18(27)14-19(29-21(30)34-15-23(24,25)26)28-16-7-6-8-17(13-16)31-11-12-33-20-9-4-5-10-32-20/h6-8,13-14,20H,4-5,9-12,15,27H2,1-3H3,(H,28,29,30)/b18-14-. The third kappa shape index (κ3) is 11.6. The summed E-state index contributed by atoms with van der Waals surface area (Å²) in [6.45, 7) is 6.88. The molecule has 1 atom stereocenters. The topological polar surface area (TPSA) is 104 Å². The molecule has 2 rings (SSSR count). The van der Waals surface area contributed by atoms with Gasteiger partial charge in [0.1, 0.15) is 24.8 Å². The Morgan fingerprint density at radius 3 is 2.68 bits per heavy atom. The van der Waals surface area contributed by atoms with Crippen LogP contribution in [0.3, 0.4) is 0 Å². The van der Waals surface area contributed by atoms with Crippen molar-refractivity contribution in [3.05, 3.63) is 36.0 Å². The SMILES string of the molecule is CC(C)(C)/C(N)=C/C(=Nc1cccc(OCCOC2CCCCO2)c1)NC(=O)OCC(Cl)(Cl)Cl. The number of carbonyl (C=O) groups excluding carboxylic acids is 1. The van der Waals surface area contributed by atoms with Gasteiger partial charge in [0.15, 0.2) is 6.29 Å². The Morgan fingerprint density at radius 2 is 2.03 bits per heavy atom. The summed E-state index contributed by atoms with van der Waals surface area (Å²) in [5.74, 6) is 0.761. The van der Waals surface area contributed by atoms with Crippen LogP contribution in [0.5, 0.6) is 5.75 Å². The van der Waals surface area contributed by atoms with Gasteiger partial charge < -0.3 is 24.7 Å². The third-order valence-corrected chi connectivity index (χ3v) is 4.94. The van der Waals surface area contributed by atoms with Crippen molar-refractivity contribution in [2.45, 2.75) is 50.1 Å². The molecule has 34 heavy (non-hydrogen) atoms. The summed E-state index contributed by atoms with van der Waals surface area (Å²) >= 11 is 16.9. The summed E-state index contributed by atoms with van der Waals surface area (Å²) in [5, 5.41) is 2.53. The number of hydrogen-bond donors (Lipinski definition) is 2. The number of rotatable bonds is 8. The summed E-state index contributed by atoms with van der Waals surface area (Å²) in [6.07, 6.45) is 3.63. The van der Waals surface area contributed by atoms with E-state index in [0.717, 1.165) is 25.9 Å². The highest BCUT2D eigenvalue weighted by molar-refractivity contribution is 6.67. The summed E-state index contributed by atoms with van der Waals surface area (Å²) in [6, 6.07) is 7.08. The second-order valence-electron chi connectivity index (χ2n) is 8.68. The molecule has 0 aliphatic carbocycles. The van der Waals surface area contributed by atoms with E-state index in [1.807, 2.05) is 20.8 Å². The van der Waals surface area contributed by atoms with Crippen molar-refractivity contribution in [1.82, 2.24) is 5.32 Å². The fourth-order valence-corrected chi connectivity index (χ4v) is 2.88. The van der Waals surface area contributed by atoms with Crippen LogP contribution in [0.1, 0.15) is 40.0 Å². The zero-order chi connectivity index (χ0) is 25.2. The Hall–Kier alpha value is -1.71. The van der Waals surface area contributed by atoms with Crippen molar-refractivity contribution in [3.63, 3.8) is 0 Å². The first-order valence-electron chi connectivity index (χ1n) is 11.0. The largest absolute Gasteiger partial charge is 0.491 e. The monoisotopic (exact) mass is 535 g/mol. The van der Waals surface area contributed by atoms with Crippen molar-refractivity contribution >= 4 is 52.4 Å². The second-order valence-corrected chi connectivity index (χ2v) is 11.2. The van der Waals surface area contributed by atoms with Gasteiger partial charge >= 0.3 is 6.09 Å². The van der Waals surface area contributed by atoms with E-state index >= 15 is 0 Å². The molecular weight excluding hydrogens is 505 g/mol. The maximum atomic E-state index is 12.2. The minimum Gasteiger partial charge on any atom is -0.491 e. The number of alkyl carbamates (subject to hydrolysis) is 1. The molecule has 3 N–H and O–H groups in total. The van der Waals surface area contributed by atoms with Gasteiger partial charge in [-0.1, -0.05) is 61.6 Å². The smallest absolute Gasteiger partial charge is 0.412 e. The molecule has 11 heteroatoms. The maximum absolute atomic E-state index is 12.2. The molecule has 1 unspecified atom stereocenters. The van der Waals surface area contributed by atoms with Gasteiger partial charge in [0.2, 0.25) is 3.79 Å². The number of carbonyl (C=O) groups is 1. The second kappa shape index (κ2) is 13.4. The number of nitrogens with two attached hydrogens (primary N) is 1. The zero-order valence-electron chi connectivity index (χ0n) is 19.6. The van der Waals surface area contributed by atoms with E-state index in [-0.39, 0.29) is 17.5 Å². The average Bonchev–Trinajstić information content (AvgIpc) is 2.75. The minimum atomic E-state index is -1.73.